The van der Waals surface area contributed by atoms with Crippen LogP contribution in [0, 0.1) is 17.2 Å². The first kappa shape index (κ1) is 19.0. The lowest BCUT2D eigenvalue weighted by Gasteiger charge is -2.26. The van der Waals surface area contributed by atoms with E-state index < -0.39 is 5.60 Å². The van der Waals surface area contributed by atoms with Gasteiger partial charge in [0.2, 0.25) is 0 Å². The highest BCUT2D eigenvalue weighted by Gasteiger charge is 2.31. The molecule has 0 unspecified atom stereocenters. The Morgan fingerprint density at radius 1 is 1.39 bits per heavy atom. The number of nitrogens with zero attached hydrogens (tertiary/aromatic N) is 1. The van der Waals surface area contributed by atoms with E-state index >= 15 is 0 Å². The molecule has 0 aliphatic carbocycles. The molecular formula is C18H26N2O3. The van der Waals surface area contributed by atoms with Crippen LogP contribution in [0.4, 0.5) is 5.69 Å². The van der Waals surface area contributed by atoms with Gasteiger partial charge < -0.3 is 14.8 Å². The van der Waals surface area contributed by atoms with E-state index in [4.69, 9.17) is 9.47 Å². The summed E-state index contributed by atoms with van der Waals surface area (Å²) in [5.74, 6) is 0.682. The largest absolute Gasteiger partial charge is 0.492 e. The molecule has 0 fully saturated rings. The summed E-state index contributed by atoms with van der Waals surface area (Å²) in [6, 6.07) is 7.17. The Morgan fingerprint density at radius 2 is 2.09 bits per heavy atom. The molecule has 126 valence electrons. The van der Waals surface area contributed by atoms with Crippen molar-refractivity contribution in [3.8, 4) is 11.8 Å². The number of carbonyl (C=O) groups is 1. The fraction of sp³-hybridized carbons (Fsp3) is 0.556. The second-order valence-corrected chi connectivity index (χ2v) is 6.00. The van der Waals surface area contributed by atoms with Gasteiger partial charge in [0.1, 0.15) is 17.4 Å². The molecular weight excluding hydrogens is 292 g/mol. The highest BCUT2D eigenvalue weighted by molar-refractivity contribution is 5.97. The molecule has 0 bridgehead atoms. The predicted octanol–water partition coefficient (Wildman–Crippen LogP) is 3.74. The van der Waals surface area contributed by atoms with Gasteiger partial charge in [-0.05, 0) is 44.4 Å². The van der Waals surface area contributed by atoms with E-state index in [1.165, 1.54) is 0 Å². The standard InChI is InChI=1S/C18H26N2O3/c1-6-18(5,23-7-2)17(21)20-15-8-9-16(14(10-15)11-19)22-12-13(3)4/h8-10,13H,6-7,12H2,1-5H3,(H,20,21)/t18-/m0/s1. The molecule has 1 amide bonds. The molecule has 0 spiro atoms. The minimum atomic E-state index is -0.881. The fourth-order valence-corrected chi connectivity index (χ4v) is 1.99. The van der Waals surface area contributed by atoms with Gasteiger partial charge in [-0.1, -0.05) is 20.8 Å². The zero-order valence-electron chi connectivity index (χ0n) is 14.6. The lowest BCUT2D eigenvalue weighted by molar-refractivity contribution is -0.139. The molecule has 1 aromatic carbocycles. The molecule has 0 radical (unpaired) electrons. The molecule has 1 aromatic rings. The Balaban J connectivity index is 2.90. The molecule has 0 heterocycles. The van der Waals surface area contributed by atoms with Crippen LogP contribution >= 0.6 is 0 Å². The van der Waals surface area contributed by atoms with E-state index in [1.54, 1.807) is 25.1 Å². The maximum absolute atomic E-state index is 12.4. The van der Waals surface area contributed by atoms with Crippen molar-refractivity contribution >= 4 is 11.6 Å². The molecule has 0 aliphatic rings. The molecule has 5 heteroatoms. The van der Waals surface area contributed by atoms with Crippen LogP contribution in [0.5, 0.6) is 5.75 Å². The molecule has 0 saturated heterocycles. The van der Waals surface area contributed by atoms with Crippen molar-refractivity contribution in [1.29, 1.82) is 5.26 Å². The molecule has 0 aliphatic heterocycles. The molecule has 5 nitrogen and oxygen atoms in total. The average molecular weight is 318 g/mol. The average Bonchev–Trinajstić information content (AvgIpc) is 2.53. The zero-order chi connectivity index (χ0) is 17.5. The smallest absolute Gasteiger partial charge is 0.256 e. The summed E-state index contributed by atoms with van der Waals surface area (Å²) in [5.41, 5.74) is 0.0786. The van der Waals surface area contributed by atoms with E-state index in [9.17, 15) is 10.1 Å². The number of amides is 1. The number of rotatable bonds is 8. The summed E-state index contributed by atoms with van der Waals surface area (Å²) in [6.07, 6.45) is 0.563. The molecule has 23 heavy (non-hydrogen) atoms. The van der Waals surface area contributed by atoms with Crippen molar-refractivity contribution < 1.29 is 14.3 Å². The third-order valence-electron chi connectivity index (χ3n) is 3.55. The minimum absolute atomic E-state index is 0.221. The summed E-state index contributed by atoms with van der Waals surface area (Å²) in [4.78, 5) is 12.4. The highest BCUT2D eigenvalue weighted by Crippen LogP contribution is 2.24. The van der Waals surface area contributed by atoms with Gasteiger partial charge in [0.05, 0.1) is 12.2 Å². The molecule has 1 rings (SSSR count). The maximum Gasteiger partial charge on any atom is 0.256 e. The topological polar surface area (TPSA) is 71.3 Å². The van der Waals surface area contributed by atoms with Crippen LogP contribution in [0.1, 0.15) is 46.6 Å². The van der Waals surface area contributed by atoms with E-state index in [2.05, 4.69) is 11.4 Å². The van der Waals surface area contributed by atoms with Gasteiger partial charge in [-0.25, -0.2) is 0 Å². The van der Waals surface area contributed by atoms with Crippen molar-refractivity contribution in [3.05, 3.63) is 23.8 Å². The molecule has 1 N–H and O–H groups in total. The third kappa shape index (κ3) is 5.26. The lowest BCUT2D eigenvalue weighted by atomic mass is 10.0. The summed E-state index contributed by atoms with van der Waals surface area (Å²) in [5, 5.41) is 12.1. The van der Waals surface area contributed by atoms with Crippen LogP contribution in [0.15, 0.2) is 18.2 Å². The van der Waals surface area contributed by atoms with Gasteiger partial charge >= 0.3 is 0 Å². The number of hydrogen-bond donors (Lipinski definition) is 1. The summed E-state index contributed by atoms with van der Waals surface area (Å²) in [6.45, 7) is 10.6. The highest BCUT2D eigenvalue weighted by atomic mass is 16.5. The number of anilines is 1. The Kier molecular flexibility index (Phi) is 7.05. The maximum atomic E-state index is 12.4. The number of benzene rings is 1. The van der Waals surface area contributed by atoms with Crippen molar-refractivity contribution in [2.24, 2.45) is 5.92 Å². The quantitative estimate of drug-likeness (QED) is 0.792. The lowest BCUT2D eigenvalue weighted by Crippen LogP contribution is -2.42. The number of nitriles is 1. The molecule has 1 atom stereocenters. The number of ether oxygens (including phenoxy) is 2. The summed E-state index contributed by atoms with van der Waals surface area (Å²) < 4.78 is 11.2. The van der Waals surface area contributed by atoms with Crippen molar-refractivity contribution in [1.82, 2.24) is 0 Å². The first-order valence-corrected chi connectivity index (χ1v) is 7.98. The predicted molar refractivity (Wildman–Crippen MR) is 90.4 cm³/mol. The first-order valence-electron chi connectivity index (χ1n) is 7.98. The van der Waals surface area contributed by atoms with Crippen LogP contribution in [0.2, 0.25) is 0 Å². The Bertz CT molecular complexity index is 578. The van der Waals surface area contributed by atoms with Crippen LogP contribution in [0.3, 0.4) is 0 Å². The molecule has 0 aromatic heterocycles. The SMILES string of the molecule is CCO[C@@](C)(CC)C(=O)Nc1ccc(OCC(C)C)c(C#N)c1. The van der Waals surface area contributed by atoms with Crippen molar-refractivity contribution in [2.45, 2.75) is 46.6 Å². The van der Waals surface area contributed by atoms with Crippen LogP contribution in [-0.2, 0) is 9.53 Å². The summed E-state index contributed by atoms with van der Waals surface area (Å²) >= 11 is 0. The van der Waals surface area contributed by atoms with Gasteiger partial charge in [0.15, 0.2) is 0 Å². The molecule has 0 saturated carbocycles. The second kappa shape index (κ2) is 8.54. The first-order chi connectivity index (χ1) is 10.9. The Hall–Kier alpha value is -2.06. The van der Waals surface area contributed by atoms with Gasteiger partial charge in [0.25, 0.3) is 5.91 Å². The normalized spacial score (nSPS) is 13.3. The third-order valence-corrected chi connectivity index (χ3v) is 3.55. The van der Waals surface area contributed by atoms with E-state index in [-0.39, 0.29) is 5.91 Å². The van der Waals surface area contributed by atoms with Crippen LogP contribution in [0.25, 0.3) is 0 Å². The van der Waals surface area contributed by atoms with Gasteiger partial charge in [0, 0.05) is 12.3 Å². The zero-order valence-corrected chi connectivity index (χ0v) is 14.6. The van der Waals surface area contributed by atoms with Crippen LogP contribution < -0.4 is 10.1 Å². The minimum Gasteiger partial charge on any atom is -0.492 e. The van der Waals surface area contributed by atoms with Crippen molar-refractivity contribution in [3.63, 3.8) is 0 Å². The second-order valence-electron chi connectivity index (χ2n) is 6.00. The number of nitrogens with one attached hydrogen (secondary N) is 1. The summed E-state index contributed by atoms with van der Waals surface area (Å²) in [7, 11) is 0. The van der Waals surface area contributed by atoms with E-state index in [0.717, 1.165) is 0 Å². The number of hydrogen-bond acceptors (Lipinski definition) is 4. The monoisotopic (exact) mass is 318 g/mol. The van der Waals surface area contributed by atoms with Gasteiger partial charge in [-0.3, -0.25) is 4.79 Å². The van der Waals surface area contributed by atoms with Crippen molar-refractivity contribution in [2.75, 3.05) is 18.5 Å². The van der Waals surface area contributed by atoms with E-state index in [1.807, 2.05) is 27.7 Å². The fourth-order valence-electron chi connectivity index (χ4n) is 1.99. The Labute approximate surface area is 138 Å². The van der Waals surface area contributed by atoms with Crippen LogP contribution in [-0.4, -0.2) is 24.7 Å². The van der Waals surface area contributed by atoms with Gasteiger partial charge in [-0.2, -0.15) is 5.26 Å². The Morgan fingerprint density at radius 3 is 2.61 bits per heavy atom. The van der Waals surface area contributed by atoms with Gasteiger partial charge in [-0.15, -0.1) is 0 Å². The van der Waals surface area contributed by atoms with E-state index in [0.29, 0.717) is 42.6 Å². The number of carbonyl (C=O) groups excluding carboxylic acids is 1.